The minimum Gasteiger partial charge on any atom is -0.496 e. The summed E-state index contributed by atoms with van der Waals surface area (Å²) in [5.41, 5.74) is 0.594. The van der Waals surface area contributed by atoms with Gasteiger partial charge in [-0.3, -0.25) is 0 Å². The largest absolute Gasteiger partial charge is 0.496 e. The summed E-state index contributed by atoms with van der Waals surface area (Å²) in [5.74, 6) is 0.701. The molecular formula is C14H21BrO3. The van der Waals surface area contributed by atoms with E-state index < -0.39 is 6.10 Å². The molecule has 0 radical (unpaired) electrons. The van der Waals surface area contributed by atoms with Crippen molar-refractivity contribution >= 4 is 15.9 Å². The van der Waals surface area contributed by atoms with E-state index in [0.717, 1.165) is 16.5 Å². The quantitative estimate of drug-likeness (QED) is 0.869. The molecule has 1 rings (SSSR count). The van der Waals surface area contributed by atoms with Crippen LogP contribution in [0.5, 0.6) is 5.75 Å². The Morgan fingerprint density at radius 1 is 1.33 bits per heavy atom. The third-order valence-corrected chi connectivity index (χ3v) is 3.62. The second-order valence-electron chi connectivity index (χ2n) is 4.90. The van der Waals surface area contributed by atoms with Crippen molar-refractivity contribution in [2.24, 2.45) is 0 Å². The molecule has 18 heavy (non-hydrogen) atoms. The predicted molar refractivity (Wildman–Crippen MR) is 76.0 cm³/mol. The molecule has 0 heterocycles. The Bertz CT molecular complexity index is 391. The van der Waals surface area contributed by atoms with Crippen molar-refractivity contribution in [3.05, 3.63) is 28.2 Å². The van der Waals surface area contributed by atoms with Crippen LogP contribution in [0.15, 0.2) is 22.7 Å². The van der Waals surface area contributed by atoms with Crippen LogP contribution in [0.25, 0.3) is 0 Å². The molecule has 4 heteroatoms. The number of aliphatic hydroxyl groups is 1. The molecule has 0 aromatic heterocycles. The van der Waals surface area contributed by atoms with Crippen molar-refractivity contribution in [3.8, 4) is 5.75 Å². The lowest BCUT2D eigenvalue weighted by Gasteiger charge is -2.24. The number of halogens is 1. The van der Waals surface area contributed by atoms with E-state index >= 15 is 0 Å². The van der Waals surface area contributed by atoms with E-state index in [2.05, 4.69) is 15.9 Å². The Morgan fingerprint density at radius 2 is 2.00 bits per heavy atom. The molecule has 0 fully saturated rings. The lowest BCUT2D eigenvalue weighted by molar-refractivity contribution is 0.00259. The minimum atomic E-state index is -0.539. The molecule has 3 nitrogen and oxygen atoms in total. The molecule has 1 aromatic carbocycles. The first kappa shape index (κ1) is 15.5. The maximum atomic E-state index is 10.2. The van der Waals surface area contributed by atoms with Crippen molar-refractivity contribution in [1.82, 2.24) is 0 Å². The first-order chi connectivity index (χ1) is 8.39. The topological polar surface area (TPSA) is 38.7 Å². The van der Waals surface area contributed by atoms with E-state index in [0.29, 0.717) is 12.2 Å². The molecular weight excluding hydrogens is 296 g/mol. The monoisotopic (exact) mass is 316 g/mol. The number of benzene rings is 1. The van der Waals surface area contributed by atoms with Crippen LogP contribution in [-0.4, -0.2) is 24.9 Å². The van der Waals surface area contributed by atoms with Gasteiger partial charge in [0.1, 0.15) is 5.75 Å². The molecule has 0 saturated heterocycles. The number of ether oxygens (including phenoxy) is 2. The van der Waals surface area contributed by atoms with E-state index in [9.17, 15) is 5.11 Å². The van der Waals surface area contributed by atoms with Gasteiger partial charge in [-0.25, -0.2) is 0 Å². The smallest absolute Gasteiger partial charge is 0.125 e. The van der Waals surface area contributed by atoms with Crippen molar-refractivity contribution < 1.29 is 14.6 Å². The van der Waals surface area contributed by atoms with Crippen LogP contribution in [0.3, 0.4) is 0 Å². The highest BCUT2D eigenvalue weighted by Gasteiger charge is 2.20. The Morgan fingerprint density at radius 3 is 2.56 bits per heavy atom. The fraction of sp³-hybridized carbons (Fsp3) is 0.571. The maximum Gasteiger partial charge on any atom is 0.125 e. The van der Waals surface area contributed by atoms with Crippen LogP contribution in [0.1, 0.15) is 38.4 Å². The van der Waals surface area contributed by atoms with Gasteiger partial charge in [-0.15, -0.1) is 0 Å². The van der Waals surface area contributed by atoms with E-state index in [4.69, 9.17) is 9.47 Å². The van der Waals surface area contributed by atoms with Crippen LogP contribution in [0.2, 0.25) is 0 Å². The van der Waals surface area contributed by atoms with Crippen molar-refractivity contribution in [2.45, 2.75) is 38.4 Å². The molecule has 1 aromatic rings. The molecule has 0 spiro atoms. The minimum absolute atomic E-state index is 0.219. The van der Waals surface area contributed by atoms with E-state index in [1.165, 1.54) is 0 Å². The highest BCUT2D eigenvalue weighted by atomic mass is 79.9. The Hall–Kier alpha value is -0.580. The second kappa shape index (κ2) is 6.55. The molecule has 0 aliphatic heterocycles. The van der Waals surface area contributed by atoms with E-state index in [-0.39, 0.29) is 5.60 Å². The highest BCUT2D eigenvalue weighted by molar-refractivity contribution is 9.10. The molecule has 1 atom stereocenters. The summed E-state index contributed by atoms with van der Waals surface area (Å²) in [7, 11) is 3.30. The van der Waals surface area contributed by atoms with Crippen molar-refractivity contribution in [1.29, 1.82) is 0 Å². The molecule has 1 unspecified atom stereocenters. The van der Waals surface area contributed by atoms with Gasteiger partial charge in [-0.1, -0.05) is 22.0 Å². The number of methoxy groups -OCH3 is 2. The highest BCUT2D eigenvalue weighted by Crippen LogP contribution is 2.32. The van der Waals surface area contributed by atoms with Gasteiger partial charge in [-0.2, -0.15) is 0 Å². The van der Waals surface area contributed by atoms with Crippen molar-refractivity contribution in [2.75, 3.05) is 14.2 Å². The third kappa shape index (κ3) is 4.26. The van der Waals surface area contributed by atoms with Gasteiger partial charge in [0.15, 0.2) is 0 Å². The average Bonchev–Trinajstić information content (AvgIpc) is 2.36. The fourth-order valence-electron chi connectivity index (χ4n) is 1.70. The molecule has 0 bridgehead atoms. The molecule has 1 N–H and O–H groups in total. The Kier molecular flexibility index (Phi) is 5.63. The summed E-state index contributed by atoms with van der Waals surface area (Å²) >= 11 is 3.39. The van der Waals surface area contributed by atoms with Gasteiger partial charge in [-0.05, 0) is 38.8 Å². The first-order valence-electron chi connectivity index (χ1n) is 5.96. The van der Waals surface area contributed by atoms with Crippen LogP contribution in [0, 0.1) is 0 Å². The van der Waals surface area contributed by atoms with Crippen LogP contribution < -0.4 is 4.74 Å². The lowest BCUT2D eigenvalue weighted by atomic mass is 9.96. The molecule has 0 aliphatic rings. The van der Waals surface area contributed by atoms with E-state index in [1.54, 1.807) is 14.2 Å². The van der Waals surface area contributed by atoms with Gasteiger partial charge in [0.25, 0.3) is 0 Å². The predicted octanol–water partition coefficient (Wildman–Crippen LogP) is 3.70. The molecule has 0 aliphatic carbocycles. The van der Waals surface area contributed by atoms with Gasteiger partial charge in [0.05, 0.1) is 18.8 Å². The van der Waals surface area contributed by atoms with Crippen LogP contribution in [-0.2, 0) is 4.74 Å². The summed E-state index contributed by atoms with van der Waals surface area (Å²) in [4.78, 5) is 0. The summed E-state index contributed by atoms with van der Waals surface area (Å²) in [6, 6.07) is 5.65. The molecule has 102 valence electrons. The third-order valence-electron chi connectivity index (χ3n) is 3.13. The molecule has 0 saturated carbocycles. The fourth-order valence-corrected chi connectivity index (χ4v) is 2.04. The zero-order valence-corrected chi connectivity index (χ0v) is 13.0. The van der Waals surface area contributed by atoms with Crippen LogP contribution >= 0.6 is 15.9 Å². The normalized spacial score (nSPS) is 13.4. The zero-order chi connectivity index (χ0) is 13.8. The Balaban J connectivity index is 2.75. The van der Waals surface area contributed by atoms with Crippen LogP contribution in [0.4, 0.5) is 0 Å². The number of aliphatic hydroxyl groups excluding tert-OH is 1. The summed E-state index contributed by atoms with van der Waals surface area (Å²) in [6.45, 7) is 4.02. The van der Waals surface area contributed by atoms with Gasteiger partial charge < -0.3 is 14.6 Å². The van der Waals surface area contributed by atoms with E-state index in [1.807, 2.05) is 32.0 Å². The average molecular weight is 317 g/mol. The van der Waals surface area contributed by atoms with Crippen molar-refractivity contribution in [3.63, 3.8) is 0 Å². The molecule has 0 amide bonds. The summed E-state index contributed by atoms with van der Waals surface area (Å²) < 4.78 is 11.6. The standard InChI is InChI=1S/C14H21BrO3/c1-14(2,18-4)8-7-12(16)11-6-5-10(15)9-13(11)17-3/h5-6,9,12,16H,7-8H2,1-4H3. The zero-order valence-electron chi connectivity index (χ0n) is 11.4. The number of hydrogen-bond acceptors (Lipinski definition) is 3. The SMILES string of the molecule is COc1cc(Br)ccc1C(O)CCC(C)(C)OC. The van der Waals surface area contributed by atoms with Gasteiger partial charge in [0, 0.05) is 17.1 Å². The van der Waals surface area contributed by atoms with Gasteiger partial charge >= 0.3 is 0 Å². The summed E-state index contributed by atoms with van der Waals surface area (Å²) in [6.07, 6.45) is 0.880. The Labute approximate surface area is 117 Å². The number of hydrogen-bond donors (Lipinski definition) is 1. The second-order valence-corrected chi connectivity index (χ2v) is 5.82. The lowest BCUT2D eigenvalue weighted by Crippen LogP contribution is -2.23. The first-order valence-corrected chi connectivity index (χ1v) is 6.75. The summed E-state index contributed by atoms with van der Waals surface area (Å²) in [5, 5.41) is 10.2. The van der Waals surface area contributed by atoms with Gasteiger partial charge in [0.2, 0.25) is 0 Å². The maximum absolute atomic E-state index is 10.2. The number of rotatable bonds is 6.